The maximum atomic E-state index is 12.2. The molecule has 0 atom stereocenters. The van der Waals surface area contributed by atoms with E-state index in [-0.39, 0.29) is 18.2 Å². The van der Waals surface area contributed by atoms with Crippen LogP contribution in [0.5, 0.6) is 5.75 Å². The van der Waals surface area contributed by atoms with Crippen LogP contribution in [0, 0.1) is 17.0 Å². The van der Waals surface area contributed by atoms with Crippen LogP contribution in [0.4, 0.5) is 11.4 Å². The number of anilines is 1. The highest BCUT2D eigenvalue weighted by atomic mass is 35.5. The Morgan fingerprint density at radius 3 is 2.65 bits per heavy atom. The lowest BCUT2D eigenvalue weighted by molar-refractivity contribution is -0.384. The number of non-ortho nitro benzene ring substituents is 1. The Bertz CT molecular complexity index is 1280. The quantitative estimate of drug-likeness (QED) is 0.320. The fourth-order valence-corrected chi connectivity index (χ4v) is 3.05. The molecule has 1 amide bonds. The summed E-state index contributed by atoms with van der Waals surface area (Å²) in [7, 11) is 0. The molecule has 0 aliphatic carbocycles. The molecule has 3 aromatic carbocycles. The number of nitrogens with one attached hydrogen (secondary N) is 1. The summed E-state index contributed by atoms with van der Waals surface area (Å²) in [5.41, 5.74) is 3.36. The fourth-order valence-electron chi connectivity index (χ4n) is 2.86. The molecule has 0 bridgehead atoms. The highest BCUT2D eigenvalue weighted by Gasteiger charge is 2.12. The monoisotopic (exact) mass is 437 g/mol. The molecule has 1 N–H and O–H groups in total. The number of fused-ring (bicyclic) bond motifs is 1. The molecule has 0 radical (unpaired) electrons. The van der Waals surface area contributed by atoms with Crippen LogP contribution in [0.15, 0.2) is 65.1 Å². The number of aromatic nitrogens is 1. The van der Waals surface area contributed by atoms with Gasteiger partial charge in [0.2, 0.25) is 5.89 Å². The van der Waals surface area contributed by atoms with Crippen molar-refractivity contribution < 1.29 is 18.9 Å². The Kier molecular flexibility index (Phi) is 5.55. The number of halogens is 1. The highest BCUT2D eigenvalue weighted by molar-refractivity contribution is 6.31. The summed E-state index contributed by atoms with van der Waals surface area (Å²) in [5, 5.41) is 14.0. The second-order valence-corrected chi connectivity index (χ2v) is 7.16. The van der Waals surface area contributed by atoms with E-state index in [0.29, 0.717) is 33.4 Å². The lowest BCUT2D eigenvalue weighted by Crippen LogP contribution is -2.20. The molecule has 8 nitrogen and oxygen atoms in total. The van der Waals surface area contributed by atoms with Gasteiger partial charge in [-0.25, -0.2) is 4.98 Å². The van der Waals surface area contributed by atoms with E-state index in [4.69, 9.17) is 20.8 Å². The van der Waals surface area contributed by atoms with Crippen LogP contribution in [-0.2, 0) is 4.79 Å². The van der Waals surface area contributed by atoms with Gasteiger partial charge in [0.05, 0.1) is 4.92 Å². The van der Waals surface area contributed by atoms with E-state index in [1.165, 1.54) is 24.3 Å². The summed E-state index contributed by atoms with van der Waals surface area (Å²) in [4.78, 5) is 26.8. The average Bonchev–Trinajstić information content (AvgIpc) is 3.18. The van der Waals surface area contributed by atoms with Crippen molar-refractivity contribution in [1.29, 1.82) is 0 Å². The molecule has 4 aromatic rings. The maximum absolute atomic E-state index is 12.2. The first-order chi connectivity index (χ1) is 14.9. The lowest BCUT2D eigenvalue weighted by Gasteiger charge is -2.07. The van der Waals surface area contributed by atoms with Crippen LogP contribution in [0.25, 0.3) is 22.6 Å². The molecule has 31 heavy (non-hydrogen) atoms. The number of ether oxygens (including phenoxy) is 1. The Balaban J connectivity index is 1.42. The summed E-state index contributed by atoms with van der Waals surface area (Å²) in [6.45, 7) is 1.67. The Hall–Kier alpha value is -3.91. The van der Waals surface area contributed by atoms with Gasteiger partial charge in [0.15, 0.2) is 12.2 Å². The largest absolute Gasteiger partial charge is 0.484 e. The van der Waals surface area contributed by atoms with Gasteiger partial charge in [0, 0.05) is 28.4 Å². The zero-order valence-electron chi connectivity index (χ0n) is 16.3. The standard InChI is InChI=1S/C22H16ClN3O5/c1-13-2-3-14(10-18(13)23)22-25-19-11-15(4-9-20(19)31-22)24-21(27)12-30-17-7-5-16(6-8-17)26(28)29/h2-11H,12H2,1H3,(H,24,27). The zero-order chi connectivity index (χ0) is 22.0. The van der Waals surface area contributed by atoms with Gasteiger partial charge in [0.1, 0.15) is 11.3 Å². The van der Waals surface area contributed by atoms with Crippen molar-refractivity contribution in [3.8, 4) is 17.2 Å². The van der Waals surface area contributed by atoms with Crippen molar-refractivity contribution in [2.75, 3.05) is 11.9 Å². The summed E-state index contributed by atoms with van der Waals surface area (Å²) < 4.78 is 11.1. The van der Waals surface area contributed by atoms with E-state index >= 15 is 0 Å². The minimum Gasteiger partial charge on any atom is -0.484 e. The summed E-state index contributed by atoms with van der Waals surface area (Å²) in [6, 6.07) is 16.2. The molecule has 0 spiro atoms. The molecule has 1 heterocycles. The predicted octanol–water partition coefficient (Wildman–Crippen LogP) is 5.38. The molecule has 0 aliphatic heterocycles. The van der Waals surface area contributed by atoms with Gasteiger partial charge in [-0.1, -0.05) is 17.7 Å². The number of carbonyl (C=O) groups is 1. The number of nitrogens with zero attached hydrogens (tertiary/aromatic N) is 2. The van der Waals surface area contributed by atoms with Crippen molar-refractivity contribution in [3.05, 3.63) is 81.4 Å². The summed E-state index contributed by atoms with van der Waals surface area (Å²) in [5.74, 6) is 0.405. The van der Waals surface area contributed by atoms with Crippen molar-refractivity contribution in [1.82, 2.24) is 4.98 Å². The van der Waals surface area contributed by atoms with Gasteiger partial charge < -0.3 is 14.5 Å². The topological polar surface area (TPSA) is 108 Å². The first kappa shape index (κ1) is 20.4. The van der Waals surface area contributed by atoms with Gasteiger partial charge in [-0.15, -0.1) is 0 Å². The number of benzene rings is 3. The molecule has 4 rings (SSSR count). The summed E-state index contributed by atoms with van der Waals surface area (Å²) in [6.07, 6.45) is 0. The van der Waals surface area contributed by atoms with Gasteiger partial charge in [-0.2, -0.15) is 0 Å². The molecule has 0 unspecified atom stereocenters. The molecule has 0 fully saturated rings. The Morgan fingerprint density at radius 1 is 1.16 bits per heavy atom. The second-order valence-electron chi connectivity index (χ2n) is 6.75. The molecule has 1 aromatic heterocycles. The Labute approximate surface area is 181 Å². The minimum absolute atomic E-state index is 0.0509. The molecule has 0 saturated carbocycles. The van der Waals surface area contributed by atoms with E-state index in [1.807, 2.05) is 19.1 Å². The molecular weight excluding hydrogens is 422 g/mol. The number of nitro benzene ring substituents is 1. The normalized spacial score (nSPS) is 10.8. The van der Waals surface area contributed by atoms with Crippen molar-refractivity contribution in [2.45, 2.75) is 6.92 Å². The van der Waals surface area contributed by atoms with Gasteiger partial charge in [-0.3, -0.25) is 14.9 Å². The number of hydrogen-bond donors (Lipinski definition) is 1. The van der Waals surface area contributed by atoms with Crippen LogP contribution in [0.1, 0.15) is 5.56 Å². The minimum atomic E-state index is -0.505. The van der Waals surface area contributed by atoms with Gasteiger partial charge in [-0.05, 0) is 55.0 Å². The second kappa shape index (κ2) is 8.45. The molecular formula is C22H16ClN3O5. The fraction of sp³-hybridized carbons (Fsp3) is 0.0909. The van der Waals surface area contributed by atoms with Crippen LogP contribution in [0.2, 0.25) is 5.02 Å². The van der Waals surface area contributed by atoms with E-state index < -0.39 is 4.92 Å². The van der Waals surface area contributed by atoms with Gasteiger partial charge in [0.25, 0.3) is 11.6 Å². The van der Waals surface area contributed by atoms with E-state index in [1.54, 1.807) is 24.3 Å². The number of aryl methyl sites for hydroxylation is 1. The highest BCUT2D eigenvalue weighted by Crippen LogP contribution is 2.29. The zero-order valence-corrected chi connectivity index (χ0v) is 17.1. The SMILES string of the molecule is Cc1ccc(-c2nc3cc(NC(=O)COc4ccc([N+](=O)[O-])cc4)ccc3o2)cc1Cl. The number of carbonyl (C=O) groups excluding carboxylic acids is 1. The molecule has 156 valence electrons. The van der Waals surface area contributed by atoms with Crippen LogP contribution in [0.3, 0.4) is 0 Å². The van der Waals surface area contributed by atoms with Crippen molar-refractivity contribution in [2.24, 2.45) is 0 Å². The first-order valence-corrected chi connectivity index (χ1v) is 9.61. The Morgan fingerprint density at radius 2 is 1.94 bits per heavy atom. The third-order valence-corrected chi connectivity index (χ3v) is 4.91. The smallest absolute Gasteiger partial charge is 0.269 e. The average molecular weight is 438 g/mol. The number of rotatable bonds is 6. The predicted molar refractivity (Wildman–Crippen MR) is 116 cm³/mol. The van der Waals surface area contributed by atoms with Crippen molar-refractivity contribution in [3.63, 3.8) is 0 Å². The lowest BCUT2D eigenvalue weighted by atomic mass is 10.1. The van der Waals surface area contributed by atoms with E-state index in [0.717, 1.165) is 11.1 Å². The van der Waals surface area contributed by atoms with E-state index in [2.05, 4.69) is 10.3 Å². The van der Waals surface area contributed by atoms with E-state index in [9.17, 15) is 14.9 Å². The van der Waals surface area contributed by atoms with Crippen LogP contribution >= 0.6 is 11.6 Å². The first-order valence-electron chi connectivity index (χ1n) is 9.23. The van der Waals surface area contributed by atoms with Gasteiger partial charge >= 0.3 is 0 Å². The molecule has 0 aliphatic rings. The number of amides is 1. The van der Waals surface area contributed by atoms with Crippen molar-refractivity contribution >= 4 is 40.0 Å². The third-order valence-electron chi connectivity index (χ3n) is 4.51. The van der Waals surface area contributed by atoms with Crippen LogP contribution in [-0.4, -0.2) is 22.4 Å². The molecule has 9 heteroatoms. The number of oxazole rings is 1. The molecule has 0 saturated heterocycles. The maximum Gasteiger partial charge on any atom is 0.269 e. The third kappa shape index (κ3) is 4.65. The number of nitro groups is 1. The summed E-state index contributed by atoms with van der Waals surface area (Å²) >= 11 is 6.18. The number of hydrogen-bond acceptors (Lipinski definition) is 6. The van der Waals surface area contributed by atoms with Crippen LogP contribution < -0.4 is 10.1 Å².